The van der Waals surface area contributed by atoms with Crippen LogP contribution in [0.25, 0.3) is 0 Å². The fraction of sp³-hybridized carbons (Fsp3) is 0.286. The molecule has 3 rings (SSSR count). The first kappa shape index (κ1) is 23.1. The Morgan fingerprint density at radius 1 is 1.23 bits per heavy atom. The molecule has 0 radical (unpaired) electrons. The molecule has 1 N–H and O–H groups in total. The number of hydrogen-bond donors (Lipinski definition) is 1. The number of ether oxygens (including phenoxy) is 2. The third-order valence-electron chi connectivity index (χ3n) is 4.34. The zero-order valence-corrected chi connectivity index (χ0v) is 19.7. The topological polar surface area (TPSA) is 78.3 Å². The highest BCUT2D eigenvalue weighted by Crippen LogP contribution is 2.26. The largest absolute Gasteiger partial charge is 0.497 e. The number of thioether (sulfide) groups is 1. The van der Waals surface area contributed by atoms with E-state index in [1.165, 1.54) is 23.9 Å². The molecule has 0 saturated carbocycles. The van der Waals surface area contributed by atoms with Crippen molar-refractivity contribution in [3.05, 3.63) is 58.6 Å². The molecule has 0 saturated heterocycles. The summed E-state index contributed by atoms with van der Waals surface area (Å²) in [5, 5.41) is 11.6. The molecule has 0 spiro atoms. The lowest BCUT2D eigenvalue weighted by molar-refractivity contribution is -0.113. The van der Waals surface area contributed by atoms with Crippen LogP contribution in [0.1, 0.15) is 25.8 Å². The second-order valence-corrected chi connectivity index (χ2v) is 8.34. The molecular weight excluding hydrogens is 487 g/mol. The zero-order valence-electron chi connectivity index (χ0n) is 17.3. The van der Waals surface area contributed by atoms with Crippen LogP contribution in [0.3, 0.4) is 0 Å². The molecular formula is C21H22BrFN4O3S. The van der Waals surface area contributed by atoms with Crippen molar-refractivity contribution in [1.29, 1.82) is 0 Å². The van der Waals surface area contributed by atoms with Crippen molar-refractivity contribution < 1.29 is 18.7 Å². The van der Waals surface area contributed by atoms with Crippen LogP contribution in [0.2, 0.25) is 0 Å². The van der Waals surface area contributed by atoms with Crippen LogP contribution in [-0.2, 0) is 11.3 Å². The van der Waals surface area contributed by atoms with Gasteiger partial charge in [-0.05, 0) is 56.3 Å². The predicted molar refractivity (Wildman–Crippen MR) is 121 cm³/mol. The van der Waals surface area contributed by atoms with E-state index in [0.717, 1.165) is 5.75 Å². The van der Waals surface area contributed by atoms with Crippen LogP contribution in [0.5, 0.6) is 11.5 Å². The lowest BCUT2D eigenvalue weighted by Crippen LogP contribution is -2.16. The first-order chi connectivity index (χ1) is 14.9. The van der Waals surface area contributed by atoms with Crippen molar-refractivity contribution in [2.75, 3.05) is 18.2 Å². The van der Waals surface area contributed by atoms with Gasteiger partial charge >= 0.3 is 0 Å². The number of halogens is 2. The molecule has 0 aliphatic carbocycles. The molecule has 0 bridgehead atoms. The molecule has 10 heteroatoms. The van der Waals surface area contributed by atoms with Gasteiger partial charge in [0.15, 0.2) is 17.1 Å². The Morgan fingerprint density at radius 2 is 1.94 bits per heavy atom. The molecule has 1 atom stereocenters. The van der Waals surface area contributed by atoms with Gasteiger partial charge in [0.2, 0.25) is 5.91 Å². The average molecular weight is 509 g/mol. The molecule has 1 aromatic heterocycles. The quantitative estimate of drug-likeness (QED) is 0.406. The highest BCUT2D eigenvalue weighted by molar-refractivity contribution is 9.10. The number of rotatable bonds is 9. The summed E-state index contributed by atoms with van der Waals surface area (Å²) in [6, 6.07) is 11.8. The number of nitrogens with one attached hydrogen (secondary N) is 1. The lowest BCUT2D eigenvalue weighted by atomic mass is 10.3. The highest BCUT2D eigenvalue weighted by Gasteiger charge is 2.20. The van der Waals surface area contributed by atoms with Crippen LogP contribution in [0, 0.1) is 5.82 Å². The number of nitrogens with zero attached hydrogens (tertiary/aromatic N) is 3. The van der Waals surface area contributed by atoms with E-state index in [-0.39, 0.29) is 23.5 Å². The van der Waals surface area contributed by atoms with Gasteiger partial charge in [0.25, 0.3) is 0 Å². The monoisotopic (exact) mass is 508 g/mol. The molecule has 31 heavy (non-hydrogen) atoms. The first-order valence-electron chi connectivity index (χ1n) is 9.52. The minimum Gasteiger partial charge on any atom is -0.497 e. The fourth-order valence-electron chi connectivity index (χ4n) is 2.82. The number of benzene rings is 2. The van der Waals surface area contributed by atoms with Gasteiger partial charge in [-0.25, -0.2) is 4.39 Å². The lowest BCUT2D eigenvalue weighted by Gasteiger charge is -2.15. The van der Waals surface area contributed by atoms with Crippen molar-refractivity contribution in [3.63, 3.8) is 0 Å². The van der Waals surface area contributed by atoms with E-state index in [0.29, 0.717) is 27.7 Å². The summed E-state index contributed by atoms with van der Waals surface area (Å²) in [7, 11) is 1.61. The van der Waals surface area contributed by atoms with E-state index >= 15 is 0 Å². The van der Waals surface area contributed by atoms with E-state index in [1.54, 1.807) is 13.2 Å². The molecule has 1 unspecified atom stereocenters. The third kappa shape index (κ3) is 5.98. The number of carbonyl (C=O) groups excluding carboxylic acids is 1. The molecule has 3 aromatic rings. The summed E-state index contributed by atoms with van der Waals surface area (Å²) >= 11 is 4.42. The van der Waals surface area contributed by atoms with Crippen molar-refractivity contribution >= 4 is 39.3 Å². The SMILES string of the molecule is CCn1c(SCC(=O)Nc2ccc(Br)cc2F)nnc1C(C)Oc1ccc(OC)cc1. The maximum absolute atomic E-state index is 13.9. The maximum Gasteiger partial charge on any atom is 0.234 e. The van der Waals surface area contributed by atoms with Crippen LogP contribution < -0.4 is 14.8 Å². The van der Waals surface area contributed by atoms with E-state index in [1.807, 2.05) is 42.7 Å². The molecule has 7 nitrogen and oxygen atoms in total. The number of hydrogen-bond acceptors (Lipinski definition) is 6. The highest BCUT2D eigenvalue weighted by atomic mass is 79.9. The van der Waals surface area contributed by atoms with Gasteiger partial charge in [-0.1, -0.05) is 27.7 Å². The normalized spacial score (nSPS) is 11.8. The second-order valence-electron chi connectivity index (χ2n) is 6.48. The summed E-state index contributed by atoms with van der Waals surface area (Å²) in [5.41, 5.74) is 0.132. The van der Waals surface area contributed by atoms with Crippen molar-refractivity contribution in [3.8, 4) is 11.5 Å². The predicted octanol–water partition coefficient (Wildman–Crippen LogP) is 5.08. The number of aromatic nitrogens is 3. The van der Waals surface area contributed by atoms with Gasteiger partial charge in [-0.3, -0.25) is 4.79 Å². The smallest absolute Gasteiger partial charge is 0.234 e. The van der Waals surface area contributed by atoms with Crippen molar-refractivity contribution in [2.24, 2.45) is 0 Å². The Labute approximate surface area is 192 Å². The van der Waals surface area contributed by atoms with E-state index in [4.69, 9.17) is 9.47 Å². The summed E-state index contributed by atoms with van der Waals surface area (Å²) in [6.07, 6.45) is -0.346. The Morgan fingerprint density at radius 3 is 2.58 bits per heavy atom. The third-order valence-corrected chi connectivity index (χ3v) is 5.80. The van der Waals surface area contributed by atoms with Crippen molar-refractivity contribution in [1.82, 2.24) is 14.8 Å². The first-order valence-corrected chi connectivity index (χ1v) is 11.3. The van der Waals surface area contributed by atoms with Crippen LogP contribution in [-0.4, -0.2) is 33.5 Å². The van der Waals surface area contributed by atoms with Gasteiger partial charge in [-0.15, -0.1) is 10.2 Å². The molecule has 0 aliphatic heterocycles. The van der Waals surface area contributed by atoms with Crippen LogP contribution in [0.4, 0.5) is 10.1 Å². The van der Waals surface area contributed by atoms with Gasteiger partial charge < -0.3 is 19.4 Å². The molecule has 1 heterocycles. The maximum atomic E-state index is 13.9. The number of methoxy groups -OCH3 is 1. The molecule has 164 valence electrons. The van der Waals surface area contributed by atoms with Crippen molar-refractivity contribution in [2.45, 2.75) is 31.7 Å². The van der Waals surface area contributed by atoms with Gasteiger partial charge in [0, 0.05) is 11.0 Å². The van der Waals surface area contributed by atoms with Crippen LogP contribution in [0.15, 0.2) is 52.1 Å². The zero-order chi connectivity index (χ0) is 22.4. The van der Waals surface area contributed by atoms with Gasteiger partial charge in [0.05, 0.1) is 18.6 Å². The Kier molecular flexibility index (Phi) is 7.91. The fourth-order valence-corrected chi connectivity index (χ4v) is 3.97. The summed E-state index contributed by atoms with van der Waals surface area (Å²) in [5.74, 6) is 1.32. The Balaban J connectivity index is 1.62. The molecule has 0 aliphatic rings. The second kappa shape index (κ2) is 10.6. The minimum absolute atomic E-state index is 0.0708. The van der Waals surface area contributed by atoms with E-state index in [2.05, 4.69) is 31.4 Å². The molecule has 0 fully saturated rings. The van der Waals surface area contributed by atoms with Crippen LogP contribution >= 0.6 is 27.7 Å². The molecule has 1 amide bonds. The standard InChI is InChI=1S/C21H22BrFN4O3S/c1-4-27-20(13(2)30-16-8-6-15(29-3)7-9-16)25-26-21(27)31-12-19(28)24-18-10-5-14(22)11-17(18)23/h5-11,13H,4,12H2,1-3H3,(H,24,28). The van der Waals surface area contributed by atoms with Gasteiger partial charge in [-0.2, -0.15) is 0 Å². The Bertz CT molecular complexity index is 1050. The molecule has 2 aromatic carbocycles. The summed E-state index contributed by atoms with van der Waals surface area (Å²) in [6.45, 7) is 4.47. The number of amides is 1. The van der Waals surface area contributed by atoms with E-state index in [9.17, 15) is 9.18 Å². The Hall–Kier alpha value is -2.59. The minimum atomic E-state index is -0.503. The number of anilines is 1. The van der Waals surface area contributed by atoms with E-state index < -0.39 is 5.82 Å². The number of carbonyl (C=O) groups is 1. The average Bonchev–Trinajstić information content (AvgIpc) is 3.18. The summed E-state index contributed by atoms with van der Waals surface area (Å²) in [4.78, 5) is 12.3. The van der Waals surface area contributed by atoms with Gasteiger partial charge in [0.1, 0.15) is 17.3 Å². The summed E-state index contributed by atoms with van der Waals surface area (Å²) < 4.78 is 27.5.